The zero-order valence-electron chi connectivity index (χ0n) is 16.2. The first-order chi connectivity index (χ1) is 13.1. The van der Waals surface area contributed by atoms with Crippen LogP contribution in [-0.2, 0) is 0 Å². The van der Waals surface area contributed by atoms with Gasteiger partial charge in [0.2, 0.25) is 0 Å². The van der Waals surface area contributed by atoms with Crippen molar-refractivity contribution in [1.82, 2.24) is 9.88 Å². The number of rotatable bonds is 6. The molecule has 1 saturated carbocycles. The number of amides is 1. The molecule has 1 N–H and O–H groups in total. The number of benzene rings is 1. The number of aromatic nitrogens is 1. The van der Waals surface area contributed by atoms with Gasteiger partial charge in [0.25, 0.3) is 0 Å². The molecular formula is C21H24F2N2O3. The molecule has 1 heterocycles. The summed E-state index contributed by atoms with van der Waals surface area (Å²) in [6.45, 7) is 6.30. The molecule has 1 aromatic carbocycles. The summed E-state index contributed by atoms with van der Waals surface area (Å²) < 4.78 is 33.3. The number of ether oxygens (including phenoxy) is 1. The van der Waals surface area contributed by atoms with E-state index < -0.39 is 23.3 Å². The van der Waals surface area contributed by atoms with Crippen molar-refractivity contribution in [1.29, 1.82) is 0 Å². The van der Waals surface area contributed by atoms with Crippen LogP contribution in [0.5, 0.6) is 5.75 Å². The van der Waals surface area contributed by atoms with Crippen LogP contribution in [0.4, 0.5) is 13.6 Å². The van der Waals surface area contributed by atoms with Crippen LogP contribution in [0.3, 0.4) is 0 Å². The quantitative estimate of drug-likeness (QED) is 0.757. The minimum Gasteiger partial charge on any atom is -0.491 e. The van der Waals surface area contributed by atoms with Gasteiger partial charge in [-0.05, 0) is 57.9 Å². The van der Waals surface area contributed by atoms with E-state index in [0.29, 0.717) is 24.5 Å². The monoisotopic (exact) mass is 390 g/mol. The van der Waals surface area contributed by atoms with E-state index in [9.17, 15) is 18.7 Å². The Morgan fingerprint density at radius 2 is 1.96 bits per heavy atom. The molecule has 150 valence electrons. The molecule has 0 radical (unpaired) electrons. The maximum Gasteiger partial charge on any atom is 0.407 e. The van der Waals surface area contributed by atoms with E-state index in [-0.39, 0.29) is 11.0 Å². The lowest BCUT2D eigenvalue weighted by Crippen LogP contribution is -2.48. The minimum absolute atomic E-state index is 0.115. The lowest BCUT2D eigenvalue weighted by molar-refractivity contribution is 0.0746. The number of carboxylic acid groups (broad SMARTS) is 1. The molecule has 0 spiro atoms. The van der Waals surface area contributed by atoms with E-state index in [2.05, 4.69) is 4.98 Å². The summed E-state index contributed by atoms with van der Waals surface area (Å²) in [5.74, 6) is -0.637. The Balaban J connectivity index is 1.71. The Hall–Kier alpha value is -2.70. The van der Waals surface area contributed by atoms with Crippen molar-refractivity contribution < 1.29 is 23.4 Å². The lowest BCUT2D eigenvalue weighted by atomic mass is 10.0. The van der Waals surface area contributed by atoms with E-state index in [0.717, 1.165) is 31.0 Å². The standard InChI is InChI=1S/C21H24F2N2O3/c1-20(2,3)25(19(26)27)12-21(6-7-21)13-28-16-8-14(10-24-11-16)17-9-15(22)4-5-18(17)23/h4-5,8-11H,6-7,12-13H2,1-3H3,(H,26,27). The molecule has 7 heteroatoms. The van der Waals surface area contributed by atoms with Crippen molar-refractivity contribution in [2.75, 3.05) is 13.2 Å². The average molecular weight is 390 g/mol. The van der Waals surface area contributed by atoms with Crippen LogP contribution in [0.25, 0.3) is 11.1 Å². The van der Waals surface area contributed by atoms with Crippen LogP contribution in [0.2, 0.25) is 0 Å². The minimum atomic E-state index is -0.955. The largest absolute Gasteiger partial charge is 0.491 e. The van der Waals surface area contributed by atoms with Crippen molar-refractivity contribution in [3.63, 3.8) is 0 Å². The second-order valence-electron chi connectivity index (χ2n) is 8.36. The molecule has 0 atom stereocenters. The first kappa shape index (κ1) is 20.0. The third-order valence-corrected chi connectivity index (χ3v) is 4.99. The third-order valence-electron chi connectivity index (χ3n) is 4.99. The zero-order chi connectivity index (χ0) is 20.5. The van der Waals surface area contributed by atoms with Crippen LogP contribution in [0.1, 0.15) is 33.6 Å². The molecule has 1 fully saturated rings. The fourth-order valence-electron chi connectivity index (χ4n) is 3.05. The molecular weight excluding hydrogens is 366 g/mol. The Labute approximate surface area is 163 Å². The number of halogens is 2. The van der Waals surface area contributed by atoms with E-state index in [1.807, 2.05) is 20.8 Å². The SMILES string of the molecule is CC(C)(C)N(CC1(COc2cncc(-c3cc(F)ccc3F)c2)CC1)C(=O)O. The molecule has 1 aliphatic carbocycles. The van der Waals surface area contributed by atoms with E-state index in [1.54, 1.807) is 6.07 Å². The number of carbonyl (C=O) groups is 1. The van der Waals surface area contributed by atoms with Crippen molar-refractivity contribution in [3.05, 3.63) is 48.3 Å². The van der Waals surface area contributed by atoms with Crippen LogP contribution in [0.15, 0.2) is 36.7 Å². The topological polar surface area (TPSA) is 62.7 Å². The average Bonchev–Trinajstić information content (AvgIpc) is 3.39. The second kappa shape index (κ2) is 7.37. The van der Waals surface area contributed by atoms with Crippen molar-refractivity contribution >= 4 is 6.09 Å². The molecule has 1 amide bonds. The van der Waals surface area contributed by atoms with Gasteiger partial charge in [-0.1, -0.05) is 0 Å². The second-order valence-corrected chi connectivity index (χ2v) is 8.36. The summed E-state index contributed by atoms with van der Waals surface area (Å²) in [6, 6.07) is 4.86. The highest BCUT2D eigenvalue weighted by Gasteiger charge is 2.47. The maximum absolute atomic E-state index is 14.0. The summed E-state index contributed by atoms with van der Waals surface area (Å²) in [5.41, 5.74) is -0.200. The molecule has 3 rings (SSSR count). The van der Waals surface area contributed by atoms with E-state index >= 15 is 0 Å². The third kappa shape index (κ3) is 4.58. The summed E-state index contributed by atoms with van der Waals surface area (Å²) in [6.07, 6.45) is 3.75. The summed E-state index contributed by atoms with van der Waals surface area (Å²) in [7, 11) is 0. The maximum atomic E-state index is 14.0. The van der Waals surface area contributed by atoms with Crippen molar-refractivity contribution in [2.45, 2.75) is 39.2 Å². The highest BCUT2D eigenvalue weighted by molar-refractivity contribution is 5.66. The normalized spacial score (nSPS) is 15.2. The first-order valence-corrected chi connectivity index (χ1v) is 9.14. The molecule has 0 aliphatic heterocycles. The van der Waals surface area contributed by atoms with Gasteiger partial charge in [0, 0.05) is 34.8 Å². The first-order valence-electron chi connectivity index (χ1n) is 9.14. The Morgan fingerprint density at radius 3 is 2.57 bits per heavy atom. The summed E-state index contributed by atoms with van der Waals surface area (Å²) in [5, 5.41) is 9.51. The van der Waals surface area contributed by atoms with Crippen LogP contribution < -0.4 is 4.74 Å². The molecule has 28 heavy (non-hydrogen) atoms. The molecule has 1 aliphatic rings. The molecule has 0 bridgehead atoms. The molecule has 0 unspecified atom stereocenters. The molecule has 1 aromatic heterocycles. The van der Waals surface area contributed by atoms with Gasteiger partial charge in [-0.15, -0.1) is 0 Å². The highest BCUT2D eigenvalue weighted by Crippen LogP contribution is 2.47. The van der Waals surface area contributed by atoms with Crippen LogP contribution in [0, 0.1) is 17.0 Å². The smallest absolute Gasteiger partial charge is 0.407 e. The lowest BCUT2D eigenvalue weighted by Gasteiger charge is -2.36. The molecule has 2 aromatic rings. The Kier molecular flexibility index (Phi) is 5.28. The van der Waals surface area contributed by atoms with Gasteiger partial charge in [-0.25, -0.2) is 13.6 Å². The van der Waals surface area contributed by atoms with Crippen molar-refractivity contribution in [2.24, 2.45) is 5.41 Å². The number of nitrogens with zero attached hydrogens (tertiary/aromatic N) is 2. The van der Waals surface area contributed by atoms with E-state index in [4.69, 9.17) is 4.74 Å². The van der Waals surface area contributed by atoms with Crippen molar-refractivity contribution in [3.8, 4) is 16.9 Å². The predicted octanol–water partition coefficient (Wildman–Crippen LogP) is 4.96. The van der Waals surface area contributed by atoms with Gasteiger partial charge in [-0.2, -0.15) is 0 Å². The Bertz CT molecular complexity index is 876. The van der Waals surface area contributed by atoms with Crippen LogP contribution in [-0.4, -0.2) is 39.8 Å². The molecule has 0 saturated heterocycles. The van der Waals surface area contributed by atoms with E-state index in [1.165, 1.54) is 17.3 Å². The van der Waals surface area contributed by atoms with Gasteiger partial charge in [0.15, 0.2) is 0 Å². The fraction of sp³-hybridized carbons (Fsp3) is 0.429. The Morgan fingerprint density at radius 1 is 1.25 bits per heavy atom. The number of hydrogen-bond donors (Lipinski definition) is 1. The van der Waals surface area contributed by atoms with Gasteiger partial charge >= 0.3 is 6.09 Å². The fourth-order valence-corrected chi connectivity index (χ4v) is 3.05. The van der Waals surface area contributed by atoms with Crippen LogP contribution >= 0.6 is 0 Å². The van der Waals surface area contributed by atoms with Gasteiger partial charge in [0.05, 0.1) is 12.8 Å². The zero-order valence-corrected chi connectivity index (χ0v) is 16.2. The number of pyridine rings is 1. The van der Waals surface area contributed by atoms with Gasteiger partial charge in [-0.3, -0.25) is 4.98 Å². The molecule has 5 nitrogen and oxygen atoms in total. The van der Waals surface area contributed by atoms with Gasteiger partial charge in [0.1, 0.15) is 17.4 Å². The van der Waals surface area contributed by atoms with Gasteiger partial charge < -0.3 is 14.7 Å². The number of hydrogen-bond acceptors (Lipinski definition) is 3. The highest BCUT2D eigenvalue weighted by atomic mass is 19.1. The summed E-state index contributed by atoms with van der Waals surface area (Å²) >= 11 is 0. The predicted molar refractivity (Wildman–Crippen MR) is 101 cm³/mol. The summed E-state index contributed by atoms with van der Waals surface area (Å²) in [4.78, 5) is 17.1.